The van der Waals surface area contributed by atoms with E-state index >= 15 is 0 Å². The number of hydrogen-bond acceptors (Lipinski definition) is 4. The van der Waals surface area contributed by atoms with Crippen molar-refractivity contribution in [3.63, 3.8) is 0 Å². The van der Waals surface area contributed by atoms with Crippen LogP contribution in [0.25, 0.3) is 10.8 Å². The van der Waals surface area contributed by atoms with E-state index in [0.717, 1.165) is 16.5 Å². The van der Waals surface area contributed by atoms with Gasteiger partial charge in [0.1, 0.15) is 11.9 Å². The number of aromatic nitrogens is 1. The van der Waals surface area contributed by atoms with Crippen molar-refractivity contribution in [2.75, 3.05) is 38.7 Å². The lowest BCUT2D eigenvalue weighted by atomic mass is 10.1. The maximum Gasteiger partial charge on any atom is 0.254 e. The van der Waals surface area contributed by atoms with Crippen LogP contribution < -0.4 is 4.90 Å². The van der Waals surface area contributed by atoms with Gasteiger partial charge < -0.3 is 14.5 Å². The first kappa shape index (κ1) is 18.4. The predicted octanol–water partition coefficient (Wildman–Crippen LogP) is 3.65. The van der Waals surface area contributed by atoms with Gasteiger partial charge in [-0.05, 0) is 47.9 Å². The van der Waals surface area contributed by atoms with Crippen LogP contribution in [0, 0.1) is 5.82 Å². The summed E-state index contributed by atoms with van der Waals surface area (Å²) in [5.41, 5.74) is 2.34. The van der Waals surface area contributed by atoms with Crippen molar-refractivity contribution in [1.82, 2.24) is 9.88 Å². The zero-order valence-corrected chi connectivity index (χ0v) is 15.9. The number of nitrogens with zero attached hydrogens (tertiary/aromatic N) is 3. The van der Waals surface area contributed by atoms with Gasteiger partial charge in [0, 0.05) is 43.5 Å². The number of anilines is 1. The standard InChI is InChI=1S/C22H22FN3O2/c1-25(2)19-5-3-4-15(11-19)22(27)26-8-9-28-21(14-26)20-12-17-10-18(23)7-6-16(17)13-24-20/h3-7,10-13,21H,8-9,14H2,1-2H3/t21-/m1/s1. The van der Waals surface area contributed by atoms with Crippen LogP contribution in [0.3, 0.4) is 0 Å². The summed E-state index contributed by atoms with van der Waals surface area (Å²) in [5.74, 6) is -0.310. The first-order valence-corrected chi connectivity index (χ1v) is 9.25. The first-order valence-electron chi connectivity index (χ1n) is 9.25. The summed E-state index contributed by atoms with van der Waals surface area (Å²) in [5, 5.41) is 1.64. The van der Waals surface area contributed by atoms with Gasteiger partial charge in [-0.1, -0.05) is 6.07 Å². The van der Waals surface area contributed by atoms with Crippen LogP contribution in [-0.4, -0.2) is 49.6 Å². The molecule has 1 atom stereocenters. The van der Waals surface area contributed by atoms with E-state index in [1.54, 1.807) is 17.2 Å². The van der Waals surface area contributed by atoms with Gasteiger partial charge in [-0.25, -0.2) is 4.39 Å². The van der Waals surface area contributed by atoms with Crippen molar-refractivity contribution in [2.45, 2.75) is 6.10 Å². The molecule has 1 fully saturated rings. The molecule has 0 N–H and O–H groups in total. The molecular formula is C22H22FN3O2. The first-order chi connectivity index (χ1) is 13.5. The third-order valence-corrected chi connectivity index (χ3v) is 5.00. The number of pyridine rings is 1. The Morgan fingerprint density at radius 3 is 2.86 bits per heavy atom. The van der Waals surface area contributed by atoms with Crippen molar-refractivity contribution in [3.05, 3.63) is 71.8 Å². The molecule has 0 spiro atoms. The summed E-state index contributed by atoms with van der Waals surface area (Å²) in [6.45, 7) is 1.38. The molecule has 5 nitrogen and oxygen atoms in total. The number of halogens is 1. The summed E-state index contributed by atoms with van der Waals surface area (Å²) < 4.78 is 19.4. The Labute approximate surface area is 163 Å². The minimum Gasteiger partial charge on any atom is -0.378 e. The second-order valence-electron chi connectivity index (χ2n) is 7.16. The molecule has 144 valence electrons. The van der Waals surface area contributed by atoms with E-state index in [-0.39, 0.29) is 17.8 Å². The maximum absolute atomic E-state index is 13.5. The molecule has 4 rings (SSSR count). The highest BCUT2D eigenvalue weighted by atomic mass is 19.1. The van der Waals surface area contributed by atoms with E-state index in [1.807, 2.05) is 49.3 Å². The van der Waals surface area contributed by atoms with Crippen LogP contribution in [0.15, 0.2) is 54.7 Å². The fourth-order valence-electron chi connectivity index (χ4n) is 3.42. The normalized spacial score (nSPS) is 17.0. The average molecular weight is 379 g/mol. The number of rotatable bonds is 3. The van der Waals surface area contributed by atoms with E-state index in [9.17, 15) is 9.18 Å². The van der Waals surface area contributed by atoms with Gasteiger partial charge in [-0.2, -0.15) is 0 Å². The molecule has 0 aliphatic carbocycles. The Balaban J connectivity index is 1.56. The van der Waals surface area contributed by atoms with Gasteiger partial charge in [0.05, 0.1) is 18.8 Å². The largest absolute Gasteiger partial charge is 0.378 e. The molecule has 1 amide bonds. The van der Waals surface area contributed by atoms with Crippen LogP contribution in [0.2, 0.25) is 0 Å². The van der Waals surface area contributed by atoms with E-state index in [1.165, 1.54) is 12.1 Å². The lowest BCUT2D eigenvalue weighted by Crippen LogP contribution is -2.42. The van der Waals surface area contributed by atoms with Gasteiger partial charge in [-0.15, -0.1) is 0 Å². The molecule has 2 aromatic carbocycles. The minimum absolute atomic E-state index is 0.0242. The number of morpholine rings is 1. The lowest BCUT2D eigenvalue weighted by molar-refractivity contribution is -0.0246. The van der Waals surface area contributed by atoms with Gasteiger partial charge in [0.25, 0.3) is 5.91 Å². The summed E-state index contributed by atoms with van der Waals surface area (Å²) in [6, 6.07) is 14.0. The lowest BCUT2D eigenvalue weighted by Gasteiger charge is -2.33. The van der Waals surface area contributed by atoms with Crippen molar-refractivity contribution >= 4 is 22.4 Å². The topological polar surface area (TPSA) is 45.7 Å². The fraction of sp³-hybridized carbons (Fsp3) is 0.273. The third-order valence-electron chi connectivity index (χ3n) is 5.00. The summed E-state index contributed by atoms with van der Waals surface area (Å²) >= 11 is 0. The van der Waals surface area contributed by atoms with E-state index in [4.69, 9.17) is 4.74 Å². The number of carbonyl (C=O) groups is 1. The van der Waals surface area contributed by atoms with Gasteiger partial charge in [0.2, 0.25) is 0 Å². The number of ether oxygens (including phenoxy) is 1. The van der Waals surface area contributed by atoms with Crippen LogP contribution in [0.1, 0.15) is 22.2 Å². The molecule has 0 radical (unpaired) electrons. The molecule has 1 aromatic heterocycles. The van der Waals surface area contributed by atoms with E-state index < -0.39 is 0 Å². The molecule has 2 heterocycles. The van der Waals surface area contributed by atoms with Crippen molar-refractivity contribution in [1.29, 1.82) is 0 Å². The Kier molecular flexibility index (Phi) is 4.96. The van der Waals surface area contributed by atoms with Crippen molar-refractivity contribution in [3.8, 4) is 0 Å². The molecule has 0 saturated carbocycles. The summed E-state index contributed by atoms with van der Waals surface area (Å²) in [7, 11) is 3.89. The maximum atomic E-state index is 13.5. The van der Waals surface area contributed by atoms with Crippen LogP contribution in [-0.2, 0) is 4.74 Å². The minimum atomic E-state index is -0.331. The zero-order chi connectivity index (χ0) is 19.7. The van der Waals surface area contributed by atoms with Gasteiger partial charge in [-0.3, -0.25) is 9.78 Å². The zero-order valence-electron chi connectivity index (χ0n) is 15.9. The SMILES string of the molecule is CN(C)c1cccc(C(=O)N2CCO[C@@H](c3cc4cc(F)ccc4cn3)C2)c1. The van der Waals surface area contributed by atoms with Crippen LogP contribution in [0.4, 0.5) is 10.1 Å². The monoisotopic (exact) mass is 379 g/mol. The molecule has 0 unspecified atom stereocenters. The van der Waals surface area contributed by atoms with Crippen LogP contribution >= 0.6 is 0 Å². The highest BCUT2D eigenvalue weighted by molar-refractivity contribution is 5.95. The smallest absolute Gasteiger partial charge is 0.254 e. The molecule has 28 heavy (non-hydrogen) atoms. The summed E-state index contributed by atoms with van der Waals surface area (Å²) in [6.07, 6.45) is 1.39. The second kappa shape index (κ2) is 7.56. The number of benzene rings is 2. The molecule has 0 bridgehead atoms. The molecule has 1 aliphatic rings. The quantitative estimate of drug-likeness (QED) is 0.697. The summed E-state index contributed by atoms with van der Waals surface area (Å²) in [4.78, 5) is 21.2. The Morgan fingerprint density at radius 1 is 1.18 bits per heavy atom. The molecular weight excluding hydrogens is 357 g/mol. The number of amides is 1. The number of carbonyl (C=O) groups excluding carboxylic acids is 1. The van der Waals surface area contributed by atoms with Crippen LogP contribution in [0.5, 0.6) is 0 Å². The Bertz CT molecular complexity index is 1020. The van der Waals surface area contributed by atoms with Crippen molar-refractivity contribution in [2.24, 2.45) is 0 Å². The Morgan fingerprint density at radius 2 is 2.04 bits per heavy atom. The predicted molar refractivity (Wildman–Crippen MR) is 107 cm³/mol. The average Bonchev–Trinajstić information content (AvgIpc) is 2.72. The van der Waals surface area contributed by atoms with E-state index in [2.05, 4.69) is 4.98 Å². The third kappa shape index (κ3) is 3.68. The van der Waals surface area contributed by atoms with Gasteiger partial charge >= 0.3 is 0 Å². The highest BCUT2D eigenvalue weighted by Crippen LogP contribution is 2.25. The number of hydrogen-bond donors (Lipinski definition) is 0. The number of fused-ring (bicyclic) bond motifs is 1. The van der Waals surface area contributed by atoms with E-state index in [0.29, 0.717) is 31.0 Å². The highest BCUT2D eigenvalue weighted by Gasteiger charge is 2.27. The fourth-order valence-corrected chi connectivity index (χ4v) is 3.42. The molecule has 1 aliphatic heterocycles. The van der Waals surface area contributed by atoms with Gasteiger partial charge in [0.15, 0.2) is 0 Å². The molecule has 6 heteroatoms. The molecule has 1 saturated heterocycles. The molecule has 3 aromatic rings. The van der Waals surface area contributed by atoms with Crippen molar-refractivity contribution < 1.29 is 13.9 Å². The Hall–Kier alpha value is -2.99. The second-order valence-corrected chi connectivity index (χ2v) is 7.16.